The van der Waals surface area contributed by atoms with Gasteiger partial charge in [-0.05, 0) is 54.3 Å². The van der Waals surface area contributed by atoms with Gasteiger partial charge in [-0.1, -0.05) is 84.0 Å². The average Bonchev–Trinajstić information content (AvgIpc) is 3.25. The summed E-state index contributed by atoms with van der Waals surface area (Å²) < 4.78 is 172. The first kappa shape index (κ1) is 64.0. The van der Waals surface area contributed by atoms with Gasteiger partial charge in [0.1, 0.15) is 37.4 Å². The quantitative estimate of drug-likeness (QED) is 0.0139. The van der Waals surface area contributed by atoms with E-state index in [4.69, 9.17) is 4.74 Å². The Bertz CT molecular complexity index is 2810. The molecule has 28 heteroatoms. The minimum absolute atomic E-state index is 0. The second kappa shape index (κ2) is 27.4. The Balaban J connectivity index is 0.00000888. The second-order valence-electron chi connectivity index (χ2n) is 16.0. The molecule has 3 amide bonds. The van der Waals surface area contributed by atoms with E-state index in [1.165, 1.54) is 38.5 Å². The number of azo groups is 1. The van der Waals surface area contributed by atoms with Gasteiger partial charge in [0.15, 0.2) is 11.5 Å². The molecule has 0 heterocycles. The number of amides is 3. The number of ether oxygens (including phenoxy) is 1. The third-order valence-electron chi connectivity index (χ3n) is 10.5. The van der Waals surface area contributed by atoms with Gasteiger partial charge in [0, 0.05) is 30.9 Å². The number of rotatable bonds is 25. The van der Waals surface area contributed by atoms with Crippen molar-refractivity contribution in [2.24, 2.45) is 10.2 Å². The Kier molecular flexibility index (Phi) is 24.4. The molecule has 0 aliphatic rings. The van der Waals surface area contributed by atoms with Crippen LogP contribution >= 0.6 is 0 Å². The number of benzene rings is 4. The summed E-state index contributed by atoms with van der Waals surface area (Å²) >= 11 is 0. The Labute approximate surface area is 454 Å². The molecule has 0 fully saturated rings. The fraction of sp³-hybridized carbons (Fsp3) is 0.432. The smallest absolute Gasteiger partial charge is 0.744 e. The van der Waals surface area contributed by atoms with Crippen molar-refractivity contribution in [3.05, 3.63) is 54.6 Å². The Morgan fingerprint density at radius 3 is 1.71 bits per heavy atom. The van der Waals surface area contributed by atoms with Gasteiger partial charge in [-0.2, -0.15) is 35.8 Å². The molecule has 0 spiro atoms. The molecule has 17 nitrogen and oxygen atoms in total. The molecule has 4 rings (SSSR count). The van der Waals surface area contributed by atoms with Crippen LogP contribution in [0, 0.1) is 0 Å². The topological polar surface area (TPSA) is 276 Å². The summed E-state index contributed by atoms with van der Waals surface area (Å²) in [6, 6.07) is 7.48. The number of phenolic OH excluding ortho intramolecular Hbond substituents is 2. The van der Waals surface area contributed by atoms with Crippen LogP contribution in [0.4, 0.5) is 59.2 Å². The molecule has 0 atom stereocenters. The van der Waals surface area contributed by atoms with Crippen molar-refractivity contribution in [1.82, 2.24) is 0 Å². The number of nitrogens with one attached hydrogen (secondary N) is 3. The third kappa shape index (κ3) is 17.5. The molecule has 0 bridgehead atoms. The predicted octanol–water partition coefficient (Wildman–Crippen LogP) is 5.42. The normalized spacial score (nSPS) is 12.3. The summed E-state index contributed by atoms with van der Waals surface area (Å²) in [7, 11) is -10.8. The SMILES string of the molecule is CCCCCCCCCCCCCCCC(=O)Nc1cc(O)c(NC(=O)C(F)(F)C(F)(F)C(F)(F)F)cc1Oc1ccc(N=Nc2c(S(=O)(=O)[O-])cc3cc(S(=O)(=O)[O-])cc(NC(C)=O)c3c2O)cc1.[Na+].[Na+]. The van der Waals surface area contributed by atoms with Gasteiger partial charge in [-0.3, -0.25) is 14.4 Å². The minimum atomic E-state index is -6.86. The van der Waals surface area contributed by atoms with E-state index in [9.17, 15) is 81.3 Å². The van der Waals surface area contributed by atoms with Crippen LogP contribution in [-0.2, 0) is 34.6 Å². The summed E-state index contributed by atoms with van der Waals surface area (Å²) in [6.07, 6.45) is 6.46. The fourth-order valence-corrected chi connectivity index (χ4v) is 8.06. The van der Waals surface area contributed by atoms with Gasteiger partial charge in [-0.25, -0.2) is 16.8 Å². The van der Waals surface area contributed by atoms with Crippen molar-refractivity contribution >= 4 is 77.2 Å². The van der Waals surface area contributed by atoms with Crippen LogP contribution < -0.4 is 79.8 Å². The molecule has 0 aliphatic heterocycles. The maximum absolute atomic E-state index is 14.2. The Morgan fingerprint density at radius 2 is 1.21 bits per heavy atom. The zero-order valence-electron chi connectivity index (χ0n) is 39.4. The van der Waals surface area contributed by atoms with Crippen LogP contribution in [0.1, 0.15) is 104 Å². The third-order valence-corrected chi connectivity index (χ3v) is 12.1. The monoisotopic (exact) mass is 1080 g/mol. The molecule has 0 aromatic heterocycles. The summed E-state index contributed by atoms with van der Waals surface area (Å²) in [5.41, 5.74) is -3.21. The van der Waals surface area contributed by atoms with Crippen LogP contribution in [0.5, 0.6) is 23.0 Å². The molecule has 0 aliphatic carbocycles. The molecule has 72 heavy (non-hydrogen) atoms. The number of carbonyl (C=O) groups is 3. The van der Waals surface area contributed by atoms with Crippen LogP contribution in [0.15, 0.2) is 74.6 Å². The van der Waals surface area contributed by atoms with Gasteiger partial charge in [-0.15, -0.1) is 5.11 Å². The number of carbonyl (C=O) groups excluding carboxylic acids is 3. The summed E-state index contributed by atoms with van der Waals surface area (Å²) in [6.45, 7) is 3.14. The first-order chi connectivity index (χ1) is 32.6. The van der Waals surface area contributed by atoms with Crippen LogP contribution in [0.3, 0.4) is 0 Å². The van der Waals surface area contributed by atoms with E-state index in [-0.39, 0.29) is 82.7 Å². The van der Waals surface area contributed by atoms with Crippen molar-refractivity contribution in [3.63, 3.8) is 0 Å². The fourth-order valence-electron chi connectivity index (χ4n) is 6.88. The molecule has 0 radical (unpaired) electrons. The van der Waals surface area contributed by atoms with Crippen molar-refractivity contribution in [3.8, 4) is 23.0 Å². The van der Waals surface area contributed by atoms with Crippen molar-refractivity contribution in [1.29, 1.82) is 0 Å². The summed E-state index contributed by atoms with van der Waals surface area (Å²) in [5.74, 6) is -21.0. The van der Waals surface area contributed by atoms with E-state index in [1.54, 1.807) is 0 Å². The molecular formula is C44H48F7N5Na2O12S2. The van der Waals surface area contributed by atoms with E-state index >= 15 is 0 Å². The number of alkyl halides is 7. The maximum Gasteiger partial charge on any atom is 1.00 e. The van der Waals surface area contributed by atoms with E-state index in [0.29, 0.717) is 43.2 Å². The van der Waals surface area contributed by atoms with Crippen molar-refractivity contribution in [2.75, 3.05) is 16.0 Å². The number of unbranched alkanes of at least 4 members (excludes halogenated alkanes) is 12. The molecular weight excluding hydrogens is 1030 g/mol. The first-order valence-electron chi connectivity index (χ1n) is 21.6. The molecule has 384 valence electrons. The summed E-state index contributed by atoms with van der Waals surface area (Å²) in [4.78, 5) is 34.9. The van der Waals surface area contributed by atoms with Gasteiger partial charge in [0.05, 0.1) is 32.5 Å². The number of hydrogen-bond acceptors (Lipinski definition) is 14. The predicted molar refractivity (Wildman–Crippen MR) is 238 cm³/mol. The number of fused-ring (bicyclic) bond motifs is 1. The standard InChI is InChI=1S/C44H50F7N5O12S2.2Na/c1-3-4-5-6-7-8-9-10-11-12-13-14-15-16-37(59)53-32-24-34(58)31(54-41(61)42(45,46)43(47,48)44(49,50)51)25-35(32)68-29-19-17-28(18-20-29)55-56-39-36(70(65,66)67)22-27-21-30(69(62,63)64)23-33(52-26(2)57)38(27)40(39)60;;/h17-25,58,60H,3-16H2,1-2H3,(H,52,57)(H,53,59)(H,54,61)(H,62,63,64)(H,65,66,67);;/q;2*+1/p-2. The Hall–Kier alpha value is -4.12. The number of hydrogen-bond donors (Lipinski definition) is 5. The maximum atomic E-state index is 14.2. The van der Waals surface area contributed by atoms with E-state index in [2.05, 4.69) is 27.8 Å². The van der Waals surface area contributed by atoms with E-state index in [0.717, 1.165) is 68.6 Å². The first-order valence-corrected chi connectivity index (χ1v) is 24.4. The van der Waals surface area contributed by atoms with Crippen LogP contribution in [0.25, 0.3) is 10.8 Å². The zero-order valence-corrected chi connectivity index (χ0v) is 45.1. The summed E-state index contributed by atoms with van der Waals surface area (Å²) in [5, 5.41) is 34.0. The van der Waals surface area contributed by atoms with E-state index < -0.39 is 111 Å². The molecule has 0 unspecified atom stereocenters. The van der Waals surface area contributed by atoms with Gasteiger partial charge in [0.25, 0.3) is 0 Å². The number of halogens is 7. The Morgan fingerprint density at radius 1 is 0.667 bits per heavy atom. The number of phenols is 2. The number of aromatic hydroxyl groups is 2. The van der Waals surface area contributed by atoms with Crippen LogP contribution in [-0.4, -0.2) is 71.9 Å². The van der Waals surface area contributed by atoms with Gasteiger partial charge in [0.2, 0.25) is 11.8 Å². The van der Waals surface area contributed by atoms with Gasteiger partial charge < -0.3 is 40.0 Å². The minimum Gasteiger partial charge on any atom is -0.744 e. The zero-order chi connectivity index (χ0) is 52.2. The van der Waals surface area contributed by atoms with Crippen molar-refractivity contribution < 1.29 is 145 Å². The molecule has 0 saturated heterocycles. The molecule has 0 saturated carbocycles. The second-order valence-corrected chi connectivity index (χ2v) is 18.8. The van der Waals surface area contributed by atoms with Gasteiger partial charge >= 0.3 is 83.0 Å². The number of anilines is 3. The van der Waals surface area contributed by atoms with Crippen LogP contribution in [0.2, 0.25) is 0 Å². The number of nitrogens with zero attached hydrogens (tertiary/aromatic N) is 2. The molecule has 4 aromatic rings. The van der Waals surface area contributed by atoms with Crippen molar-refractivity contribution in [2.45, 2.75) is 132 Å². The molecule has 4 aromatic carbocycles. The largest absolute Gasteiger partial charge is 1.00 e. The molecule has 5 N–H and O–H groups in total. The van der Waals surface area contributed by atoms with E-state index in [1.807, 2.05) is 0 Å². The average molecular weight is 1080 g/mol.